The molecular weight excluding hydrogens is 218 g/mol. The Labute approximate surface area is 89.9 Å². The van der Waals surface area contributed by atoms with E-state index in [4.69, 9.17) is 10.5 Å². The standard InChI is InChI=1S/C9H17NO4S/c1-15(12,13)4-2-3-9(11)7-5-14-6-8(7)10/h7-8H,2-6,10H2,1H3. The van der Waals surface area contributed by atoms with Crippen molar-refractivity contribution in [3.05, 3.63) is 0 Å². The molecule has 2 atom stereocenters. The van der Waals surface area contributed by atoms with Gasteiger partial charge >= 0.3 is 0 Å². The van der Waals surface area contributed by atoms with Gasteiger partial charge in [0.2, 0.25) is 0 Å². The van der Waals surface area contributed by atoms with Crippen LogP contribution < -0.4 is 5.73 Å². The van der Waals surface area contributed by atoms with Crippen molar-refractivity contribution in [3.63, 3.8) is 0 Å². The lowest BCUT2D eigenvalue weighted by Crippen LogP contribution is -2.34. The lowest BCUT2D eigenvalue weighted by Gasteiger charge is -2.11. The predicted octanol–water partition coefficient (Wildman–Crippen LogP) is -0.646. The van der Waals surface area contributed by atoms with Crippen LogP contribution in [0.1, 0.15) is 12.8 Å². The molecule has 1 aliphatic rings. The van der Waals surface area contributed by atoms with E-state index in [-0.39, 0.29) is 29.9 Å². The Hall–Kier alpha value is -0.460. The van der Waals surface area contributed by atoms with Crippen molar-refractivity contribution in [1.29, 1.82) is 0 Å². The van der Waals surface area contributed by atoms with Gasteiger partial charge in [-0.2, -0.15) is 0 Å². The molecule has 15 heavy (non-hydrogen) atoms. The van der Waals surface area contributed by atoms with Crippen LogP contribution in [0.3, 0.4) is 0 Å². The van der Waals surface area contributed by atoms with Gasteiger partial charge in [-0.15, -0.1) is 0 Å². The van der Waals surface area contributed by atoms with E-state index in [0.29, 0.717) is 19.6 Å². The van der Waals surface area contributed by atoms with Crippen LogP contribution in [-0.4, -0.2) is 45.5 Å². The Bertz CT molecular complexity index is 325. The second kappa shape index (κ2) is 5.05. The Morgan fingerprint density at radius 2 is 2.13 bits per heavy atom. The molecule has 0 bridgehead atoms. The highest BCUT2D eigenvalue weighted by Crippen LogP contribution is 2.15. The van der Waals surface area contributed by atoms with Gasteiger partial charge in [-0.25, -0.2) is 8.42 Å². The SMILES string of the molecule is CS(=O)(=O)CCCC(=O)C1COCC1N. The lowest BCUT2D eigenvalue weighted by molar-refractivity contribution is -0.123. The number of carbonyl (C=O) groups is 1. The molecule has 5 nitrogen and oxygen atoms in total. The molecule has 0 aromatic rings. The second-order valence-corrected chi connectivity index (χ2v) is 6.27. The normalized spacial score (nSPS) is 26.8. The maximum atomic E-state index is 11.6. The minimum atomic E-state index is -2.97. The van der Waals surface area contributed by atoms with E-state index in [1.807, 2.05) is 0 Å². The van der Waals surface area contributed by atoms with Crippen molar-refractivity contribution in [2.45, 2.75) is 18.9 Å². The summed E-state index contributed by atoms with van der Waals surface area (Å²) in [5.74, 6) is -0.171. The molecule has 88 valence electrons. The van der Waals surface area contributed by atoms with Crippen LogP contribution in [0, 0.1) is 5.92 Å². The molecule has 2 unspecified atom stereocenters. The molecule has 0 saturated carbocycles. The molecule has 0 amide bonds. The van der Waals surface area contributed by atoms with Crippen LogP contribution in [0.15, 0.2) is 0 Å². The Morgan fingerprint density at radius 1 is 1.47 bits per heavy atom. The van der Waals surface area contributed by atoms with Crippen LogP contribution in [0.4, 0.5) is 0 Å². The molecule has 0 aromatic carbocycles. The minimum Gasteiger partial charge on any atom is -0.379 e. The molecule has 1 rings (SSSR count). The molecule has 1 aliphatic heterocycles. The number of hydrogen-bond donors (Lipinski definition) is 1. The monoisotopic (exact) mass is 235 g/mol. The molecule has 0 aliphatic carbocycles. The predicted molar refractivity (Wildman–Crippen MR) is 56.2 cm³/mol. The smallest absolute Gasteiger partial charge is 0.147 e. The largest absolute Gasteiger partial charge is 0.379 e. The first-order chi connectivity index (χ1) is 6.90. The van der Waals surface area contributed by atoms with Crippen molar-refractivity contribution in [1.82, 2.24) is 0 Å². The zero-order valence-corrected chi connectivity index (χ0v) is 9.63. The molecule has 0 radical (unpaired) electrons. The average molecular weight is 235 g/mol. The fourth-order valence-corrected chi connectivity index (χ4v) is 2.27. The van der Waals surface area contributed by atoms with Crippen molar-refractivity contribution in [2.24, 2.45) is 11.7 Å². The third kappa shape index (κ3) is 4.27. The summed E-state index contributed by atoms with van der Waals surface area (Å²) in [5.41, 5.74) is 5.67. The third-order valence-electron chi connectivity index (χ3n) is 2.48. The van der Waals surface area contributed by atoms with Crippen molar-refractivity contribution in [2.75, 3.05) is 25.2 Å². The average Bonchev–Trinajstić information content (AvgIpc) is 2.48. The first-order valence-electron chi connectivity index (χ1n) is 4.94. The summed E-state index contributed by atoms with van der Waals surface area (Å²) in [6.45, 7) is 0.793. The molecule has 2 N–H and O–H groups in total. The van der Waals surface area contributed by atoms with Crippen LogP contribution in [0.5, 0.6) is 0 Å². The van der Waals surface area contributed by atoms with E-state index in [1.54, 1.807) is 0 Å². The maximum Gasteiger partial charge on any atom is 0.147 e. The summed E-state index contributed by atoms with van der Waals surface area (Å²) < 4.78 is 26.7. The number of carbonyl (C=O) groups excluding carboxylic acids is 1. The number of rotatable bonds is 5. The van der Waals surface area contributed by atoms with Gasteiger partial charge in [0, 0.05) is 18.7 Å². The van der Waals surface area contributed by atoms with E-state index in [9.17, 15) is 13.2 Å². The van der Waals surface area contributed by atoms with Gasteiger partial charge in [-0.1, -0.05) is 0 Å². The number of hydrogen-bond acceptors (Lipinski definition) is 5. The maximum absolute atomic E-state index is 11.6. The van der Waals surface area contributed by atoms with Crippen LogP contribution in [0.2, 0.25) is 0 Å². The quantitative estimate of drug-likeness (QED) is 0.684. The Balaban J connectivity index is 2.30. The number of Topliss-reactive ketones (excluding diaryl/α,β-unsaturated/α-hetero) is 1. The fraction of sp³-hybridized carbons (Fsp3) is 0.889. The number of nitrogens with two attached hydrogens (primary N) is 1. The van der Waals surface area contributed by atoms with E-state index in [2.05, 4.69) is 0 Å². The van der Waals surface area contributed by atoms with Gasteiger partial charge in [-0.3, -0.25) is 4.79 Å². The van der Waals surface area contributed by atoms with Gasteiger partial charge in [0.05, 0.1) is 24.9 Å². The number of sulfone groups is 1. The zero-order valence-electron chi connectivity index (χ0n) is 8.81. The molecule has 0 spiro atoms. The second-order valence-electron chi connectivity index (χ2n) is 4.01. The van der Waals surface area contributed by atoms with Crippen LogP contribution in [-0.2, 0) is 19.4 Å². The summed E-state index contributed by atoms with van der Waals surface area (Å²) in [6, 6.07) is -0.226. The molecule has 6 heteroatoms. The highest BCUT2D eigenvalue weighted by atomic mass is 32.2. The molecule has 1 heterocycles. The van der Waals surface area contributed by atoms with Gasteiger partial charge < -0.3 is 10.5 Å². The first kappa shape index (κ1) is 12.6. The third-order valence-corrected chi connectivity index (χ3v) is 3.51. The van der Waals surface area contributed by atoms with Gasteiger partial charge in [0.15, 0.2) is 0 Å². The Morgan fingerprint density at radius 3 is 2.60 bits per heavy atom. The van der Waals surface area contributed by atoms with Gasteiger partial charge in [0.25, 0.3) is 0 Å². The highest BCUT2D eigenvalue weighted by molar-refractivity contribution is 7.90. The first-order valence-corrected chi connectivity index (χ1v) is 7.00. The van der Waals surface area contributed by atoms with Crippen molar-refractivity contribution >= 4 is 15.6 Å². The summed E-state index contributed by atoms with van der Waals surface area (Å²) in [7, 11) is -2.97. The van der Waals surface area contributed by atoms with Crippen molar-refractivity contribution < 1.29 is 17.9 Å². The molecule has 1 fully saturated rings. The topological polar surface area (TPSA) is 86.5 Å². The van der Waals surface area contributed by atoms with E-state index < -0.39 is 9.84 Å². The molecule has 1 saturated heterocycles. The summed E-state index contributed by atoms with van der Waals surface area (Å²) in [6.07, 6.45) is 1.82. The highest BCUT2D eigenvalue weighted by Gasteiger charge is 2.30. The van der Waals surface area contributed by atoms with E-state index in [0.717, 1.165) is 0 Å². The summed E-state index contributed by atoms with van der Waals surface area (Å²) in [5, 5.41) is 0. The van der Waals surface area contributed by atoms with E-state index >= 15 is 0 Å². The zero-order chi connectivity index (χ0) is 11.5. The van der Waals surface area contributed by atoms with E-state index in [1.165, 1.54) is 6.26 Å². The fourth-order valence-electron chi connectivity index (χ4n) is 1.60. The summed E-state index contributed by atoms with van der Waals surface area (Å²) in [4.78, 5) is 11.6. The number of ether oxygens (including phenoxy) is 1. The lowest BCUT2D eigenvalue weighted by atomic mass is 9.96. The van der Waals surface area contributed by atoms with Gasteiger partial charge in [0.1, 0.15) is 15.6 Å². The summed E-state index contributed by atoms with van der Waals surface area (Å²) >= 11 is 0. The minimum absolute atomic E-state index is 0.0173. The Kier molecular flexibility index (Phi) is 4.24. The van der Waals surface area contributed by atoms with Crippen LogP contribution >= 0.6 is 0 Å². The number of ketones is 1. The van der Waals surface area contributed by atoms with Crippen LogP contribution in [0.25, 0.3) is 0 Å². The van der Waals surface area contributed by atoms with Gasteiger partial charge in [-0.05, 0) is 6.42 Å². The van der Waals surface area contributed by atoms with Crippen molar-refractivity contribution in [3.8, 4) is 0 Å². The molecule has 0 aromatic heterocycles. The molecular formula is C9H17NO4S.